The van der Waals surface area contributed by atoms with Crippen molar-refractivity contribution in [2.24, 2.45) is 7.05 Å². The Bertz CT molecular complexity index is 567. The van der Waals surface area contributed by atoms with Crippen LogP contribution in [-0.4, -0.2) is 21.5 Å². The maximum atomic E-state index is 9.03. The molecular formula is C14H17ClN2O2. The van der Waals surface area contributed by atoms with Gasteiger partial charge in [0.1, 0.15) is 12.4 Å². The molecule has 0 aliphatic rings. The summed E-state index contributed by atoms with van der Waals surface area (Å²) in [6, 6.07) is 7.68. The first-order chi connectivity index (χ1) is 9.13. The van der Waals surface area contributed by atoms with Crippen molar-refractivity contribution >= 4 is 11.6 Å². The van der Waals surface area contributed by atoms with Gasteiger partial charge in [-0.1, -0.05) is 29.8 Å². The van der Waals surface area contributed by atoms with Crippen LogP contribution in [0.25, 0.3) is 0 Å². The Morgan fingerprint density at radius 2 is 2.11 bits per heavy atom. The molecule has 0 aliphatic carbocycles. The van der Waals surface area contributed by atoms with Gasteiger partial charge >= 0.3 is 0 Å². The fraction of sp³-hybridized carbons (Fsp3) is 0.357. The third-order valence-electron chi connectivity index (χ3n) is 2.98. The molecule has 0 aliphatic heterocycles. The van der Waals surface area contributed by atoms with Crippen molar-refractivity contribution in [1.29, 1.82) is 0 Å². The minimum absolute atomic E-state index is 0.103. The molecule has 1 N–H and O–H groups in total. The average molecular weight is 281 g/mol. The molecule has 0 spiro atoms. The van der Waals surface area contributed by atoms with Crippen molar-refractivity contribution in [1.82, 2.24) is 9.78 Å². The van der Waals surface area contributed by atoms with Crippen LogP contribution in [0.5, 0.6) is 5.75 Å². The van der Waals surface area contributed by atoms with E-state index < -0.39 is 0 Å². The zero-order valence-corrected chi connectivity index (χ0v) is 11.8. The summed E-state index contributed by atoms with van der Waals surface area (Å²) in [6.07, 6.45) is 0.578. The van der Waals surface area contributed by atoms with E-state index in [9.17, 15) is 0 Å². The lowest BCUT2D eigenvalue weighted by Crippen LogP contribution is -2.05. The van der Waals surface area contributed by atoms with Crippen LogP contribution in [0.4, 0.5) is 0 Å². The third-order valence-corrected chi connectivity index (χ3v) is 3.47. The normalized spacial score (nSPS) is 10.7. The molecule has 19 heavy (non-hydrogen) atoms. The SMILES string of the molecule is Cc1nn(C)c(COc2ccccc2CCO)c1Cl. The maximum Gasteiger partial charge on any atom is 0.131 e. The number of hydrogen-bond acceptors (Lipinski definition) is 3. The second-order valence-electron chi connectivity index (χ2n) is 4.34. The van der Waals surface area contributed by atoms with E-state index in [-0.39, 0.29) is 6.61 Å². The molecule has 1 heterocycles. The number of nitrogens with zero attached hydrogens (tertiary/aromatic N) is 2. The molecule has 0 radical (unpaired) electrons. The number of aliphatic hydroxyl groups excluding tert-OH is 1. The van der Waals surface area contributed by atoms with Gasteiger partial charge in [0.2, 0.25) is 0 Å². The van der Waals surface area contributed by atoms with E-state index in [1.807, 2.05) is 38.2 Å². The van der Waals surface area contributed by atoms with Gasteiger partial charge in [-0.25, -0.2) is 0 Å². The summed E-state index contributed by atoms with van der Waals surface area (Å²) in [5.74, 6) is 0.770. The molecule has 0 amide bonds. The van der Waals surface area contributed by atoms with E-state index in [1.165, 1.54) is 0 Å². The zero-order valence-electron chi connectivity index (χ0n) is 11.1. The van der Waals surface area contributed by atoms with Gasteiger partial charge in [-0.3, -0.25) is 4.68 Å². The highest BCUT2D eigenvalue weighted by Crippen LogP contribution is 2.23. The van der Waals surface area contributed by atoms with E-state index in [0.29, 0.717) is 18.1 Å². The monoisotopic (exact) mass is 280 g/mol. The number of aryl methyl sites for hydroxylation is 2. The van der Waals surface area contributed by atoms with Gasteiger partial charge in [0.15, 0.2) is 0 Å². The zero-order chi connectivity index (χ0) is 13.8. The number of aromatic nitrogens is 2. The van der Waals surface area contributed by atoms with Crippen LogP contribution >= 0.6 is 11.6 Å². The van der Waals surface area contributed by atoms with Crippen LogP contribution in [0.2, 0.25) is 5.02 Å². The van der Waals surface area contributed by atoms with Crippen molar-refractivity contribution in [3.63, 3.8) is 0 Å². The molecule has 0 atom stereocenters. The van der Waals surface area contributed by atoms with E-state index in [2.05, 4.69) is 5.10 Å². The Morgan fingerprint density at radius 3 is 2.74 bits per heavy atom. The number of aliphatic hydroxyl groups is 1. The molecule has 0 saturated heterocycles. The number of ether oxygens (including phenoxy) is 1. The van der Waals surface area contributed by atoms with E-state index in [0.717, 1.165) is 22.7 Å². The smallest absolute Gasteiger partial charge is 0.131 e. The number of para-hydroxylation sites is 1. The summed E-state index contributed by atoms with van der Waals surface area (Å²) in [7, 11) is 1.84. The van der Waals surface area contributed by atoms with Crippen LogP contribution in [0.3, 0.4) is 0 Å². The second kappa shape index (κ2) is 6.08. The van der Waals surface area contributed by atoms with Crippen LogP contribution < -0.4 is 4.74 Å². The van der Waals surface area contributed by atoms with E-state index in [1.54, 1.807) is 4.68 Å². The highest BCUT2D eigenvalue weighted by Gasteiger charge is 2.12. The van der Waals surface area contributed by atoms with Crippen molar-refractivity contribution in [3.8, 4) is 5.75 Å². The number of rotatable bonds is 5. The number of benzene rings is 1. The molecule has 0 unspecified atom stereocenters. The number of halogens is 1. The van der Waals surface area contributed by atoms with Gasteiger partial charge in [0.05, 0.1) is 16.4 Å². The Morgan fingerprint density at radius 1 is 1.37 bits per heavy atom. The maximum absolute atomic E-state index is 9.03. The summed E-state index contributed by atoms with van der Waals surface area (Å²) in [5.41, 5.74) is 2.63. The summed E-state index contributed by atoms with van der Waals surface area (Å²) in [4.78, 5) is 0. The van der Waals surface area contributed by atoms with E-state index in [4.69, 9.17) is 21.4 Å². The van der Waals surface area contributed by atoms with Crippen molar-refractivity contribution in [2.45, 2.75) is 20.0 Å². The second-order valence-corrected chi connectivity index (χ2v) is 4.72. The Balaban J connectivity index is 2.14. The van der Waals surface area contributed by atoms with Crippen LogP contribution in [0, 0.1) is 6.92 Å². The molecule has 0 fully saturated rings. The van der Waals surface area contributed by atoms with Crippen LogP contribution in [0.1, 0.15) is 17.0 Å². The summed E-state index contributed by atoms with van der Waals surface area (Å²) >= 11 is 6.18. The predicted octanol–water partition coefficient (Wildman–Crippen LogP) is 2.50. The Labute approximate surface area is 117 Å². The molecule has 4 nitrogen and oxygen atoms in total. The van der Waals surface area contributed by atoms with Crippen LogP contribution in [0.15, 0.2) is 24.3 Å². The summed E-state index contributed by atoms with van der Waals surface area (Å²) < 4.78 is 7.52. The predicted molar refractivity (Wildman–Crippen MR) is 74.5 cm³/mol. The first kappa shape index (κ1) is 13.9. The van der Waals surface area contributed by atoms with Crippen LogP contribution in [-0.2, 0) is 20.1 Å². The molecule has 5 heteroatoms. The minimum Gasteiger partial charge on any atom is -0.487 e. The quantitative estimate of drug-likeness (QED) is 0.915. The Hall–Kier alpha value is -1.52. The van der Waals surface area contributed by atoms with Gasteiger partial charge in [-0.05, 0) is 25.0 Å². The molecule has 1 aromatic carbocycles. The highest BCUT2D eigenvalue weighted by atomic mass is 35.5. The topological polar surface area (TPSA) is 47.3 Å². The molecule has 2 aromatic rings. The van der Waals surface area contributed by atoms with Gasteiger partial charge in [0.25, 0.3) is 0 Å². The van der Waals surface area contributed by atoms with Gasteiger partial charge in [-0.2, -0.15) is 5.10 Å². The molecule has 0 bridgehead atoms. The van der Waals surface area contributed by atoms with Crippen molar-refractivity contribution in [2.75, 3.05) is 6.61 Å². The Kier molecular flexibility index (Phi) is 4.45. The number of hydrogen-bond donors (Lipinski definition) is 1. The summed E-state index contributed by atoms with van der Waals surface area (Å²) in [5, 5.41) is 13.9. The fourth-order valence-corrected chi connectivity index (χ4v) is 2.17. The van der Waals surface area contributed by atoms with Gasteiger partial charge in [-0.15, -0.1) is 0 Å². The molecule has 0 saturated carbocycles. The molecule has 2 rings (SSSR count). The highest BCUT2D eigenvalue weighted by molar-refractivity contribution is 6.31. The first-order valence-corrected chi connectivity index (χ1v) is 6.50. The first-order valence-electron chi connectivity index (χ1n) is 6.13. The lowest BCUT2D eigenvalue weighted by Gasteiger charge is -2.11. The molecule has 102 valence electrons. The fourth-order valence-electron chi connectivity index (χ4n) is 1.95. The summed E-state index contributed by atoms with van der Waals surface area (Å²) in [6.45, 7) is 2.33. The van der Waals surface area contributed by atoms with Crippen molar-refractivity contribution < 1.29 is 9.84 Å². The molecular weight excluding hydrogens is 264 g/mol. The largest absolute Gasteiger partial charge is 0.487 e. The lowest BCUT2D eigenvalue weighted by molar-refractivity contribution is 0.278. The standard InChI is InChI=1S/C14H17ClN2O2/c1-10-14(15)12(17(2)16-10)9-19-13-6-4-3-5-11(13)7-8-18/h3-6,18H,7-9H2,1-2H3. The van der Waals surface area contributed by atoms with Gasteiger partial charge < -0.3 is 9.84 Å². The average Bonchev–Trinajstić information content (AvgIpc) is 2.63. The van der Waals surface area contributed by atoms with Gasteiger partial charge in [0, 0.05) is 13.7 Å². The van der Waals surface area contributed by atoms with E-state index >= 15 is 0 Å². The minimum atomic E-state index is 0.103. The van der Waals surface area contributed by atoms with Crippen molar-refractivity contribution in [3.05, 3.63) is 46.2 Å². The lowest BCUT2D eigenvalue weighted by atomic mass is 10.1. The third kappa shape index (κ3) is 3.08. The molecule has 1 aromatic heterocycles.